The lowest BCUT2D eigenvalue weighted by molar-refractivity contribution is 0.578. The molecule has 1 aliphatic heterocycles. The first-order valence-corrected chi connectivity index (χ1v) is 7.00. The number of hydrogen-bond acceptors (Lipinski definition) is 1. The molecule has 0 saturated carbocycles. The fourth-order valence-electron chi connectivity index (χ4n) is 2.09. The van der Waals surface area contributed by atoms with Gasteiger partial charge in [0.25, 0.3) is 0 Å². The molecule has 0 radical (unpaired) electrons. The van der Waals surface area contributed by atoms with Crippen molar-refractivity contribution in [2.75, 3.05) is 12.3 Å². The summed E-state index contributed by atoms with van der Waals surface area (Å²) in [4.78, 5) is 0. The van der Waals surface area contributed by atoms with Crippen molar-refractivity contribution in [3.05, 3.63) is 29.8 Å². The van der Waals surface area contributed by atoms with E-state index in [1.165, 1.54) is 5.56 Å². The molecule has 0 amide bonds. The van der Waals surface area contributed by atoms with Crippen LogP contribution in [0.3, 0.4) is 0 Å². The van der Waals surface area contributed by atoms with E-state index in [-0.39, 0.29) is 0 Å². The van der Waals surface area contributed by atoms with Crippen molar-refractivity contribution in [3.8, 4) is 0 Å². The van der Waals surface area contributed by atoms with E-state index in [9.17, 15) is 4.57 Å². The predicted octanol–water partition coefficient (Wildman–Crippen LogP) is 2.64. The SMILES string of the molecule is CCP1(=O)CCCc2ccccc21. The van der Waals surface area contributed by atoms with E-state index < -0.39 is 7.14 Å². The normalized spacial score (nSPS) is 26.8. The average molecular weight is 194 g/mol. The molecule has 1 aliphatic rings. The Hall–Kier alpha value is -0.550. The van der Waals surface area contributed by atoms with Gasteiger partial charge in [-0.1, -0.05) is 31.2 Å². The Morgan fingerprint density at radius 3 is 2.92 bits per heavy atom. The zero-order valence-electron chi connectivity index (χ0n) is 7.99. The van der Waals surface area contributed by atoms with E-state index in [2.05, 4.69) is 12.1 Å². The van der Waals surface area contributed by atoms with Crippen molar-refractivity contribution in [3.63, 3.8) is 0 Å². The first-order valence-electron chi connectivity index (χ1n) is 4.93. The van der Waals surface area contributed by atoms with Crippen LogP contribution in [0.4, 0.5) is 0 Å². The lowest BCUT2D eigenvalue weighted by atomic mass is 10.1. The van der Waals surface area contributed by atoms with Crippen molar-refractivity contribution in [2.45, 2.75) is 19.8 Å². The molecule has 2 heteroatoms. The van der Waals surface area contributed by atoms with E-state index in [4.69, 9.17) is 0 Å². The zero-order chi connectivity index (χ0) is 9.31. The molecule has 13 heavy (non-hydrogen) atoms. The molecule has 1 heterocycles. The van der Waals surface area contributed by atoms with Gasteiger partial charge < -0.3 is 4.57 Å². The van der Waals surface area contributed by atoms with Gasteiger partial charge in [0.05, 0.1) is 0 Å². The van der Waals surface area contributed by atoms with E-state index >= 15 is 0 Å². The number of aryl methyl sites for hydroxylation is 1. The van der Waals surface area contributed by atoms with Crippen LogP contribution in [0.25, 0.3) is 0 Å². The molecule has 1 nitrogen and oxygen atoms in total. The lowest BCUT2D eigenvalue weighted by Gasteiger charge is -2.24. The third kappa shape index (κ3) is 1.46. The van der Waals surface area contributed by atoms with Gasteiger partial charge in [0.1, 0.15) is 7.14 Å². The highest BCUT2D eigenvalue weighted by molar-refractivity contribution is 7.71. The molecule has 0 fully saturated rings. The quantitative estimate of drug-likeness (QED) is 0.628. The van der Waals surface area contributed by atoms with Gasteiger partial charge in [-0.25, -0.2) is 0 Å². The highest BCUT2D eigenvalue weighted by Gasteiger charge is 2.27. The summed E-state index contributed by atoms with van der Waals surface area (Å²) in [6, 6.07) is 8.23. The van der Waals surface area contributed by atoms with Crippen LogP contribution in [-0.2, 0) is 11.0 Å². The topological polar surface area (TPSA) is 17.1 Å². The molecule has 0 N–H and O–H groups in total. The van der Waals surface area contributed by atoms with Crippen LogP contribution in [0.5, 0.6) is 0 Å². The molecule has 70 valence electrons. The second-order valence-electron chi connectivity index (χ2n) is 3.66. The first kappa shape index (κ1) is 9.02. The maximum absolute atomic E-state index is 12.4. The van der Waals surface area contributed by atoms with Crippen molar-refractivity contribution < 1.29 is 4.57 Å². The summed E-state index contributed by atoms with van der Waals surface area (Å²) >= 11 is 0. The van der Waals surface area contributed by atoms with Crippen molar-refractivity contribution >= 4 is 12.4 Å². The Labute approximate surface area is 79.5 Å². The molecule has 1 aromatic carbocycles. The summed E-state index contributed by atoms with van der Waals surface area (Å²) in [6.07, 6.45) is 3.95. The van der Waals surface area contributed by atoms with Crippen LogP contribution in [-0.4, -0.2) is 12.3 Å². The van der Waals surface area contributed by atoms with Gasteiger partial charge in [0.15, 0.2) is 0 Å². The van der Waals surface area contributed by atoms with Crippen LogP contribution in [0.1, 0.15) is 18.9 Å². The number of hydrogen-bond donors (Lipinski definition) is 0. The third-order valence-electron chi connectivity index (χ3n) is 2.91. The third-order valence-corrected chi connectivity index (χ3v) is 6.28. The molecular formula is C11H15OP. The molecule has 0 spiro atoms. The molecule has 1 aromatic rings. The zero-order valence-corrected chi connectivity index (χ0v) is 8.89. The standard InChI is InChI=1S/C11H15OP/c1-2-13(12)9-5-7-10-6-3-4-8-11(10)13/h3-4,6,8H,2,5,7,9H2,1H3. The number of fused-ring (bicyclic) bond motifs is 1. The Kier molecular flexibility index (Phi) is 2.29. The summed E-state index contributed by atoms with van der Waals surface area (Å²) in [5.41, 5.74) is 1.32. The minimum atomic E-state index is -1.98. The molecule has 0 aromatic heterocycles. The number of rotatable bonds is 1. The molecule has 1 unspecified atom stereocenters. The molecule has 0 bridgehead atoms. The van der Waals surface area contributed by atoms with Gasteiger partial charge >= 0.3 is 0 Å². The Balaban J connectivity index is 2.55. The average Bonchev–Trinajstić information content (AvgIpc) is 2.19. The van der Waals surface area contributed by atoms with Gasteiger partial charge in [-0.3, -0.25) is 0 Å². The van der Waals surface area contributed by atoms with Crippen LogP contribution < -0.4 is 5.30 Å². The summed E-state index contributed by atoms with van der Waals surface area (Å²) < 4.78 is 12.4. The summed E-state index contributed by atoms with van der Waals surface area (Å²) in [7, 11) is -1.98. The maximum atomic E-state index is 12.4. The Morgan fingerprint density at radius 2 is 2.15 bits per heavy atom. The minimum Gasteiger partial charge on any atom is -0.319 e. The second kappa shape index (κ2) is 3.31. The minimum absolute atomic E-state index is 0.823. The van der Waals surface area contributed by atoms with Gasteiger partial charge in [0, 0.05) is 17.6 Å². The highest BCUT2D eigenvalue weighted by atomic mass is 31.2. The fraction of sp³-hybridized carbons (Fsp3) is 0.455. The largest absolute Gasteiger partial charge is 0.319 e. The molecule has 2 rings (SSSR count). The van der Waals surface area contributed by atoms with E-state index in [0.29, 0.717) is 0 Å². The van der Waals surface area contributed by atoms with Crippen LogP contribution in [0.2, 0.25) is 0 Å². The molecule has 0 saturated heterocycles. The maximum Gasteiger partial charge on any atom is 0.115 e. The Bertz CT molecular complexity index is 357. The highest BCUT2D eigenvalue weighted by Crippen LogP contribution is 2.48. The van der Waals surface area contributed by atoms with Crippen molar-refractivity contribution in [1.29, 1.82) is 0 Å². The van der Waals surface area contributed by atoms with Crippen molar-refractivity contribution in [2.24, 2.45) is 0 Å². The fourth-order valence-corrected chi connectivity index (χ4v) is 4.73. The summed E-state index contributed by atoms with van der Waals surface area (Å²) in [5, 5.41) is 1.16. The van der Waals surface area contributed by atoms with Gasteiger partial charge in [-0.2, -0.15) is 0 Å². The summed E-state index contributed by atoms with van der Waals surface area (Å²) in [5.74, 6) is 0. The first-order chi connectivity index (χ1) is 6.26. The molecule has 0 aliphatic carbocycles. The smallest absolute Gasteiger partial charge is 0.115 e. The monoisotopic (exact) mass is 194 g/mol. The van der Waals surface area contributed by atoms with Gasteiger partial charge in [0.2, 0.25) is 0 Å². The summed E-state index contributed by atoms with van der Waals surface area (Å²) in [6.45, 7) is 2.04. The van der Waals surface area contributed by atoms with Gasteiger partial charge in [-0.05, 0) is 18.4 Å². The number of benzene rings is 1. The molecular weight excluding hydrogens is 179 g/mol. The van der Waals surface area contributed by atoms with Gasteiger partial charge in [-0.15, -0.1) is 0 Å². The predicted molar refractivity (Wildman–Crippen MR) is 57.4 cm³/mol. The Morgan fingerprint density at radius 1 is 1.38 bits per heavy atom. The van der Waals surface area contributed by atoms with E-state index in [0.717, 1.165) is 30.5 Å². The van der Waals surface area contributed by atoms with E-state index in [1.54, 1.807) is 0 Å². The van der Waals surface area contributed by atoms with Crippen LogP contribution in [0.15, 0.2) is 24.3 Å². The van der Waals surface area contributed by atoms with Crippen molar-refractivity contribution in [1.82, 2.24) is 0 Å². The van der Waals surface area contributed by atoms with E-state index in [1.807, 2.05) is 19.1 Å². The molecule has 1 atom stereocenters. The second-order valence-corrected chi connectivity index (χ2v) is 7.00. The lowest BCUT2D eigenvalue weighted by Crippen LogP contribution is -2.20. The van der Waals surface area contributed by atoms with Crippen LogP contribution >= 0.6 is 7.14 Å². The van der Waals surface area contributed by atoms with Crippen LogP contribution in [0, 0.1) is 0 Å².